The van der Waals surface area contributed by atoms with Crippen LogP contribution in [-0.4, -0.2) is 28.0 Å². The summed E-state index contributed by atoms with van der Waals surface area (Å²) in [5, 5.41) is 17.0. The molecule has 0 fully saturated rings. The van der Waals surface area contributed by atoms with E-state index in [-0.39, 0.29) is 11.3 Å². The summed E-state index contributed by atoms with van der Waals surface area (Å²) in [5.41, 5.74) is 2.93. The Bertz CT molecular complexity index is 1210. The molecule has 7 heteroatoms. The van der Waals surface area contributed by atoms with Crippen LogP contribution in [0.1, 0.15) is 37.4 Å². The summed E-state index contributed by atoms with van der Waals surface area (Å²) >= 11 is 0. The van der Waals surface area contributed by atoms with Gasteiger partial charge in [-0.1, -0.05) is 35.9 Å². The number of carbonyl (C=O) groups is 2. The summed E-state index contributed by atoms with van der Waals surface area (Å²) in [6, 6.07) is 13.2. The van der Waals surface area contributed by atoms with Crippen molar-refractivity contribution in [1.29, 1.82) is 0 Å². The van der Waals surface area contributed by atoms with Crippen molar-refractivity contribution in [3.05, 3.63) is 86.5 Å². The van der Waals surface area contributed by atoms with Crippen LogP contribution >= 0.6 is 0 Å². The van der Waals surface area contributed by atoms with E-state index in [1.165, 1.54) is 18.3 Å². The zero-order valence-electron chi connectivity index (χ0n) is 15.2. The molecule has 2 amide bonds. The fourth-order valence-electron chi connectivity index (χ4n) is 3.31. The number of aryl methyl sites for hydroxylation is 2. The molecule has 0 atom stereocenters. The fraction of sp³-hybridized carbons (Fsp3) is 0.0952. The second-order valence-corrected chi connectivity index (χ2v) is 6.68. The zero-order valence-corrected chi connectivity index (χ0v) is 15.2. The molecular formula is C21H15N3O4. The first kappa shape index (κ1) is 17.5. The molecule has 0 aromatic heterocycles. The molecule has 0 radical (unpaired) electrons. The van der Waals surface area contributed by atoms with Gasteiger partial charge >= 0.3 is 0 Å². The van der Waals surface area contributed by atoms with E-state index < -0.39 is 16.7 Å². The van der Waals surface area contributed by atoms with Gasteiger partial charge in [0.15, 0.2) is 0 Å². The summed E-state index contributed by atoms with van der Waals surface area (Å²) in [6.07, 6.45) is 1.46. The van der Waals surface area contributed by atoms with Gasteiger partial charge in [0.2, 0.25) is 0 Å². The monoisotopic (exact) mass is 373 g/mol. The fourth-order valence-corrected chi connectivity index (χ4v) is 3.31. The van der Waals surface area contributed by atoms with E-state index in [4.69, 9.17) is 0 Å². The minimum Gasteiger partial charge on any atom is -0.267 e. The lowest BCUT2D eigenvalue weighted by atomic mass is 9.94. The average molecular weight is 373 g/mol. The molecule has 0 spiro atoms. The molecular weight excluding hydrogens is 358 g/mol. The molecule has 0 N–H and O–H groups in total. The second-order valence-electron chi connectivity index (χ2n) is 6.68. The number of benzene rings is 3. The van der Waals surface area contributed by atoms with Crippen molar-refractivity contribution < 1.29 is 14.5 Å². The Kier molecular flexibility index (Phi) is 4.00. The molecule has 138 valence electrons. The lowest BCUT2D eigenvalue weighted by Gasteiger charge is -2.23. The van der Waals surface area contributed by atoms with Crippen LogP contribution < -0.4 is 0 Å². The van der Waals surface area contributed by atoms with Gasteiger partial charge in [-0.05, 0) is 36.4 Å². The minimum atomic E-state index is -0.682. The van der Waals surface area contributed by atoms with Crippen LogP contribution in [0.15, 0.2) is 53.6 Å². The quantitative estimate of drug-likeness (QED) is 0.300. The van der Waals surface area contributed by atoms with E-state index in [1.54, 1.807) is 18.2 Å². The highest BCUT2D eigenvalue weighted by Crippen LogP contribution is 2.33. The highest BCUT2D eigenvalue weighted by atomic mass is 16.6. The number of hydrogen-bond donors (Lipinski definition) is 0. The summed E-state index contributed by atoms with van der Waals surface area (Å²) in [5.74, 6) is -1.24. The number of hydrogen-bond acceptors (Lipinski definition) is 5. The van der Waals surface area contributed by atoms with Crippen LogP contribution in [0.4, 0.5) is 5.69 Å². The summed E-state index contributed by atoms with van der Waals surface area (Å²) in [4.78, 5) is 36.5. The number of non-ortho nitro benzene ring substituents is 1. The molecule has 1 heterocycles. The Morgan fingerprint density at radius 3 is 2.50 bits per heavy atom. The SMILES string of the molecule is Cc1ccc(C)c(/C=N/N2C(=O)c3cccc4cc([N+](=O)[O-])cc(c34)C2=O)c1. The van der Waals surface area contributed by atoms with Crippen LogP contribution in [-0.2, 0) is 0 Å². The van der Waals surface area contributed by atoms with E-state index in [0.717, 1.165) is 21.7 Å². The number of rotatable bonds is 3. The van der Waals surface area contributed by atoms with E-state index >= 15 is 0 Å². The molecule has 3 aromatic carbocycles. The molecule has 1 aliphatic rings. The molecule has 1 aliphatic heterocycles. The van der Waals surface area contributed by atoms with Gasteiger partial charge in [0.25, 0.3) is 17.5 Å². The van der Waals surface area contributed by atoms with Crippen molar-refractivity contribution in [2.75, 3.05) is 0 Å². The lowest BCUT2D eigenvalue weighted by Crippen LogP contribution is -2.36. The topological polar surface area (TPSA) is 92.9 Å². The summed E-state index contributed by atoms with van der Waals surface area (Å²) < 4.78 is 0. The summed E-state index contributed by atoms with van der Waals surface area (Å²) in [6.45, 7) is 3.84. The Morgan fingerprint density at radius 1 is 1.00 bits per heavy atom. The van der Waals surface area contributed by atoms with Gasteiger partial charge < -0.3 is 0 Å². The average Bonchev–Trinajstić information content (AvgIpc) is 2.67. The number of amides is 2. The van der Waals surface area contributed by atoms with Gasteiger partial charge in [0.1, 0.15) is 0 Å². The molecule has 28 heavy (non-hydrogen) atoms. The highest BCUT2D eigenvalue weighted by Gasteiger charge is 2.34. The number of nitro groups is 1. The van der Waals surface area contributed by atoms with Crippen molar-refractivity contribution in [3.8, 4) is 0 Å². The van der Waals surface area contributed by atoms with Gasteiger partial charge in [-0.15, -0.1) is 0 Å². The van der Waals surface area contributed by atoms with Gasteiger partial charge in [-0.3, -0.25) is 19.7 Å². The minimum absolute atomic E-state index is 0.0949. The van der Waals surface area contributed by atoms with E-state index in [2.05, 4.69) is 5.10 Å². The molecule has 0 unspecified atom stereocenters. The van der Waals surface area contributed by atoms with E-state index in [0.29, 0.717) is 16.3 Å². The van der Waals surface area contributed by atoms with Crippen molar-refractivity contribution in [2.24, 2.45) is 5.10 Å². The molecule has 3 aromatic rings. The first-order chi connectivity index (χ1) is 13.4. The summed E-state index contributed by atoms with van der Waals surface area (Å²) in [7, 11) is 0. The van der Waals surface area contributed by atoms with Crippen molar-refractivity contribution in [3.63, 3.8) is 0 Å². The molecule has 7 nitrogen and oxygen atoms in total. The first-order valence-electron chi connectivity index (χ1n) is 8.58. The number of carbonyl (C=O) groups excluding carboxylic acids is 2. The molecule has 0 bridgehead atoms. The predicted octanol–water partition coefficient (Wildman–Crippen LogP) is 3.99. The third-order valence-corrected chi connectivity index (χ3v) is 4.77. The third kappa shape index (κ3) is 2.73. The number of hydrazone groups is 1. The lowest BCUT2D eigenvalue weighted by molar-refractivity contribution is -0.384. The number of nitro benzene ring substituents is 1. The second kappa shape index (κ2) is 6.38. The first-order valence-corrected chi connectivity index (χ1v) is 8.58. The smallest absolute Gasteiger partial charge is 0.267 e. The van der Waals surface area contributed by atoms with E-state index in [1.807, 2.05) is 32.0 Å². The van der Waals surface area contributed by atoms with Crippen LogP contribution in [0.3, 0.4) is 0 Å². The molecule has 0 saturated heterocycles. The van der Waals surface area contributed by atoms with Gasteiger partial charge in [-0.2, -0.15) is 10.1 Å². The third-order valence-electron chi connectivity index (χ3n) is 4.77. The predicted molar refractivity (Wildman–Crippen MR) is 105 cm³/mol. The van der Waals surface area contributed by atoms with Crippen molar-refractivity contribution in [2.45, 2.75) is 13.8 Å². The maximum Gasteiger partial charge on any atom is 0.282 e. The van der Waals surface area contributed by atoms with Gasteiger partial charge in [0.05, 0.1) is 22.3 Å². The molecule has 0 aliphatic carbocycles. The Labute approximate surface area is 160 Å². The van der Waals surface area contributed by atoms with Gasteiger partial charge in [0, 0.05) is 17.5 Å². The van der Waals surface area contributed by atoms with Crippen LogP contribution in [0, 0.1) is 24.0 Å². The molecule has 4 rings (SSSR count). The standard InChI is InChI=1S/C21H15N3O4/c1-12-6-7-13(2)15(8-12)11-22-23-20(25)17-5-3-4-14-9-16(24(27)28)10-18(19(14)17)21(23)26/h3-11H,1-2H3/b22-11+. The Hall–Kier alpha value is -3.87. The van der Waals surface area contributed by atoms with E-state index in [9.17, 15) is 19.7 Å². The number of nitrogens with zero attached hydrogens (tertiary/aromatic N) is 3. The largest absolute Gasteiger partial charge is 0.282 e. The Morgan fingerprint density at radius 2 is 1.75 bits per heavy atom. The number of imide groups is 1. The van der Waals surface area contributed by atoms with Crippen molar-refractivity contribution in [1.82, 2.24) is 5.01 Å². The van der Waals surface area contributed by atoms with Gasteiger partial charge in [-0.25, -0.2) is 0 Å². The molecule has 0 saturated carbocycles. The van der Waals surface area contributed by atoms with Crippen LogP contribution in [0.2, 0.25) is 0 Å². The maximum atomic E-state index is 12.9. The normalized spacial score (nSPS) is 13.6. The zero-order chi connectivity index (χ0) is 20.0. The highest BCUT2D eigenvalue weighted by molar-refractivity contribution is 6.25. The van der Waals surface area contributed by atoms with Crippen LogP contribution in [0.5, 0.6) is 0 Å². The Balaban J connectivity index is 1.85. The van der Waals surface area contributed by atoms with Crippen LogP contribution in [0.25, 0.3) is 10.8 Å². The maximum absolute atomic E-state index is 12.9. The van der Waals surface area contributed by atoms with Crippen molar-refractivity contribution >= 4 is 34.5 Å².